The number of halogens is 2. The molecule has 1 amide bonds. The Morgan fingerprint density at radius 1 is 1.06 bits per heavy atom. The number of carbonyl (C=O) groups excluding carboxylic acids is 1. The molecule has 0 bridgehead atoms. The lowest BCUT2D eigenvalue weighted by molar-refractivity contribution is -0.384. The summed E-state index contributed by atoms with van der Waals surface area (Å²) in [4.78, 5) is 26.8. The van der Waals surface area contributed by atoms with E-state index in [0.29, 0.717) is 38.3 Å². The number of nitrogens with zero attached hydrogens (tertiary/aromatic N) is 2. The van der Waals surface area contributed by atoms with Gasteiger partial charge in [0.05, 0.1) is 9.95 Å². The van der Waals surface area contributed by atoms with Crippen LogP contribution in [0.4, 0.5) is 11.4 Å². The van der Waals surface area contributed by atoms with Crippen LogP contribution in [0.3, 0.4) is 0 Å². The van der Waals surface area contributed by atoms with Crippen molar-refractivity contribution in [2.24, 2.45) is 0 Å². The van der Waals surface area contributed by atoms with Crippen LogP contribution in [0.15, 0.2) is 65.1 Å². The minimum atomic E-state index is -0.540. The Bertz CT molecular complexity index is 1350. The Hall–Kier alpha value is -3.53. The van der Waals surface area contributed by atoms with E-state index in [4.69, 9.17) is 39.8 Å². The maximum absolute atomic E-state index is 12.3. The number of oxazole rings is 1. The number of hydrogen-bond acceptors (Lipinski definition) is 6. The normalized spacial score (nSPS) is 10.7. The third kappa shape index (κ3) is 4.70. The van der Waals surface area contributed by atoms with Crippen molar-refractivity contribution in [2.75, 3.05) is 5.32 Å². The quantitative estimate of drug-likeness (QED) is 0.212. The van der Waals surface area contributed by atoms with E-state index in [1.807, 2.05) is 0 Å². The molecule has 0 saturated heterocycles. The lowest BCUT2D eigenvalue weighted by Gasteiger charge is -2.10. The highest BCUT2D eigenvalue weighted by Gasteiger charge is 2.13. The fourth-order valence-electron chi connectivity index (χ4n) is 2.85. The number of hydrogen-bond donors (Lipinski definition) is 2. The van der Waals surface area contributed by atoms with Gasteiger partial charge in [0.2, 0.25) is 5.89 Å². The number of rotatable bonds is 4. The van der Waals surface area contributed by atoms with Crippen molar-refractivity contribution in [1.82, 2.24) is 10.3 Å². The van der Waals surface area contributed by atoms with Crippen molar-refractivity contribution >= 4 is 68.9 Å². The SMILES string of the molecule is O=C(NC(=S)Nc1ccc(-c2nc3cc(Cl)cc(Cl)c3o2)cc1)c1ccc([N+](=O)[O-])cc1. The lowest BCUT2D eigenvalue weighted by Crippen LogP contribution is -2.34. The summed E-state index contributed by atoms with van der Waals surface area (Å²) in [6.07, 6.45) is 0. The molecule has 0 fully saturated rings. The number of nitro benzene ring substituents is 1. The zero-order valence-corrected chi connectivity index (χ0v) is 18.3. The molecule has 160 valence electrons. The molecule has 0 aliphatic rings. The maximum Gasteiger partial charge on any atom is 0.269 e. The van der Waals surface area contributed by atoms with Gasteiger partial charge in [0.25, 0.3) is 11.6 Å². The molecule has 1 aromatic heterocycles. The average molecular weight is 487 g/mol. The second kappa shape index (κ2) is 8.91. The number of aromatic nitrogens is 1. The number of non-ortho nitro benzene ring substituents is 1. The molecule has 4 rings (SSSR count). The Kier molecular flexibility index (Phi) is 6.04. The molecule has 3 aromatic carbocycles. The summed E-state index contributed by atoms with van der Waals surface area (Å²) in [6, 6.07) is 15.5. The van der Waals surface area contributed by atoms with Crippen LogP contribution in [-0.4, -0.2) is 20.9 Å². The molecule has 0 saturated carbocycles. The minimum absolute atomic E-state index is 0.0735. The molecule has 8 nitrogen and oxygen atoms in total. The van der Waals surface area contributed by atoms with Crippen LogP contribution in [0.25, 0.3) is 22.6 Å². The van der Waals surface area contributed by atoms with Gasteiger partial charge < -0.3 is 9.73 Å². The predicted molar refractivity (Wildman–Crippen MR) is 126 cm³/mol. The number of nitrogens with one attached hydrogen (secondary N) is 2. The van der Waals surface area contributed by atoms with Crippen molar-refractivity contribution in [3.63, 3.8) is 0 Å². The van der Waals surface area contributed by atoms with Crippen molar-refractivity contribution in [3.05, 3.63) is 86.4 Å². The van der Waals surface area contributed by atoms with E-state index in [2.05, 4.69) is 15.6 Å². The molecule has 0 spiro atoms. The second-order valence-electron chi connectivity index (χ2n) is 6.54. The molecular formula is C21H12Cl2N4O4S. The molecule has 2 N–H and O–H groups in total. The fraction of sp³-hybridized carbons (Fsp3) is 0. The Labute approximate surface area is 196 Å². The number of amides is 1. The zero-order chi connectivity index (χ0) is 22.8. The Balaban J connectivity index is 1.42. The first-order valence-electron chi connectivity index (χ1n) is 9.03. The first-order valence-corrected chi connectivity index (χ1v) is 10.2. The summed E-state index contributed by atoms with van der Waals surface area (Å²) in [5, 5.41) is 17.0. The molecule has 4 aromatic rings. The van der Waals surface area contributed by atoms with Crippen molar-refractivity contribution in [2.45, 2.75) is 0 Å². The third-order valence-corrected chi connectivity index (χ3v) is 5.07. The van der Waals surface area contributed by atoms with E-state index in [9.17, 15) is 14.9 Å². The molecule has 11 heteroatoms. The topological polar surface area (TPSA) is 110 Å². The summed E-state index contributed by atoms with van der Waals surface area (Å²) < 4.78 is 5.74. The number of anilines is 1. The summed E-state index contributed by atoms with van der Waals surface area (Å²) in [7, 11) is 0. The van der Waals surface area contributed by atoms with Crippen LogP contribution in [0.1, 0.15) is 10.4 Å². The molecule has 0 radical (unpaired) electrons. The monoisotopic (exact) mass is 486 g/mol. The number of nitro groups is 1. The molecular weight excluding hydrogens is 475 g/mol. The van der Waals surface area contributed by atoms with Crippen LogP contribution in [0.5, 0.6) is 0 Å². The smallest absolute Gasteiger partial charge is 0.269 e. The van der Waals surface area contributed by atoms with Crippen molar-refractivity contribution in [1.29, 1.82) is 0 Å². The highest BCUT2D eigenvalue weighted by Crippen LogP contribution is 2.32. The average Bonchev–Trinajstić information content (AvgIpc) is 3.18. The summed E-state index contributed by atoms with van der Waals surface area (Å²) in [6.45, 7) is 0. The molecule has 32 heavy (non-hydrogen) atoms. The van der Waals surface area contributed by atoms with E-state index in [1.54, 1.807) is 36.4 Å². The first kappa shape index (κ1) is 21.7. The highest BCUT2D eigenvalue weighted by atomic mass is 35.5. The van der Waals surface area contributed by atoms with Crippen molar-refractivity contribution < 1.29 is 14.1 Å². The zero-order valence-electron chi connectivity index (χ0n) is 16.0. The second-order valence-corrected chi connectivity index (χ2v) is 7.80. The first-order chi connectivity index (χ1) is 15.3. The van der Waals surface area contributed by atoms with E-state index >= 15 is 0 Å². The molecule has 0 atom stereocenters. The Morgan fingerprint density at radius 2 is 1.75 bits per heavy atom. The van der Waals surface area contributed by atoms with E-state index in [0.717, 1.165) is 0 Å². The standard InChI is InChI=1S/C21H12Cl2N4O4S/c22-13-9-16(23)18-17(10-13)25-20(31-18)12-1-5-14(6-2-12)24-21(32)26-19(28)11-3-7-15(8-4-11)27(29)30/h1-10H,(H2,24,26,28,32). The number of thiocarbonyl (C=S) groups is 1. The molecule has 1 heterocycles. The van der Waals surface area contributed by atoms with Crippen molar-refractivity contribution in [3.8, 4) is 11.5 Å². The van der Waals surface area contributed by atoms with Crippen LogP contribution in [0, 0.1) is 10.1 Å². The van der Waals surface area contributed by atoms with Gasteiger partial charge in [-0.05, 0) is 60.7 Å². The van der Waals surface area contributed by atoms with Crippen LogP contribution in [0.2, 0.25) is 10.0 Å². The minimum Gasteiger partial charge on any atom is -0.435 e. The highest BCUT2D eigenvalue weighted by molar-refractivity contribution is 7.80. The van der Waals surface area contributed by atoms with Crippen LogP contribution < -0.4 is 10.6 Å². The summed E-state index contributed by atoms with van der Waals surface area (Å²) >= 11 is 17.3. The van der Waals surface area contributed by atoms with E-state index in [1.165, 1.54) is 24.3 Å². The van der Waals surface area contributed by atoms with Crippen LogP contribution >= 0.6 is 35.4 Å². The van der Waals surface area contributed by atoms with Gasteiger partial charge in [0.1, 0.15) is 5.52 Å². The fourth-order valence-corrected chi connectivity index (χ4v) is 3.58. The number of carbonyl (C=O) groups is 1. The van der Waals surface area contributed by atoms with Gasteiger partial charge in [-0.2, -0.15) is 0 Å². The van der Waals surface area contributed by atoms with Gasteiger partial charge in [0.15, 0.2) is 10.7 Å². The van der Waals surface area contributed by atoms with E-state index in [-0.39, 0.29) is 16.4 Å². The van der Waals surface area contributed by atoms with Gasteiger partial charge in [0, 0.05) is 34.0 Å². The number of benzene rings is 3. The lowest BCUT2D eigenvalue weighted by atomic mass is 10.2. The Morgan fingerprint density at radius 3 is 2.41 bits per heavy atom. The van der Waals surface area contributed by atoms with Gasteiger partial charge in [-0.3, -0.25) is 20.2 Å². The summed E-state index contributed by atoms with van der Waals surface area (Å²) in [5.74, 6) is -0.110. The predicted octanol–water partition coefficient (Wildman–Crippen LogP) is 5.84. The third-order valence-electron chi connectivity index (χ3n) is 4.37. The number of fused-ring (bicyclic) bond motifs is 1. The van der Waals surface area contributed by atoms with E-state index < -0.39 is 10.8 Å². The molecule has 0 unspecified atom stereocenters. The molecule has 0 aliphatic heterocycles. The van der Waals surface area contributed by atoms with Gasteiger partial charge in [-0.15, -0.1) is 0 Å². The largest absolute Gasteiger partial charge is 0.435 e. The van der Waals surface area contributed by atoms with Crippen LogP contribution in [-0.2, 0) is 0 Å². The van der Waals surface area contributed by atoms with Gasteiger partial charge >= 0.3 is 0 Å². The van der Waals surface area contributed by atoms with Gasteiger partial charge in [-0.25, -0.2) is 4.98 Å². The van der Waals surface area contributed by atoms with Gasteiger partial charge in [-0.1, -0.05) is 23.2 Å². The maximum atomic E-state index is 12.3. The molecule has 0 aliphatic carbocycles. The summed E-state index contributed by atoms with van der Waals surface area (Å²) in [5.41, 5.74) is 2.47.